The van der Waals surface area contributed by atoms with Crippen LogP contribution in [0.2, 0.25) is 0 Å². The quantitative estimate of drug-likeness (QED) is 0.205. The molecule has 0 radical (unpaired) electrons. The van der Waals surface area contributed by atoms with Gasteiger partial charge in [0.2, 0.25) is 0 Å². The van der Waals surface area contributed by atoms with Crippen molar-refractivity contribution >= 4 is 8.25 Å². The van der Waals surface area contributed by atoms with Gasteiger partial charge in [-0.1, -0.05) is 121 Å². The van der Waals surface area contributed by atoms with E-state index in [2.05, 4.69) is 48.5 Å². The van der Waals surface area contributed by atoms with Gasteiger partial charge in [0.05, 0.1) is 0 Å². The molecule has 0 N–H and O–H groups in total. The molecule has 0 amide bonds. The fourth-order valence-corrected chi connectivity index (χ4v) is 7.47. The van der Waals surface area contributed by atoms with Gasteiger partial charge in [0, 0.05) is 30.2 Å². The van der Waals surface area contributed by atoms with E-state index < -0.39 is 37.5 Å². The van der Waals surface area contributed by atoms with Gasteiger partial charge in [-0.2, -0.15) is 0 Å². The van der Waals surface area contributed by atoms with Crippen LogP contribution < -0.4 is 0 Å². The second-order valence-electron chi connectivity index (χ2n) is 11.7. The fourth-order valence-electron chi connectivity index (χ4n) is 6.37. The van der Waals surface area contributed by atoms with Crippen LogP contribution in [0, 0.1) is 0 Å². The molecule has 2 fully saturated rings. The molecule has 2 heterocycles. The molecule has 0 aliphatic carbocycles. The van der Waals surface area contributed by atoms with Crippen LogP contribution in [0.25, 0.3) is 0 Å². The first kappa shape index (κ1) is 28.0. The standard InChI is InChI=1S/C35H36O5P/c1-33(2)37-31-32(38-33)35(25-29-19-11-5-12-20-29,26-30-21-13-6-14-22-30)40-41(36)39-34(31,23-27-15-7-3-8-16-27)24-28-17-9-4-10-18-28/h3-22,31-32H,23-26H2,1-2H3/q+1/t31-,32-/m0/s1. The van der Waals surface area contributed by atoms with Gasteiger partial charge in [0.15, 0.2) is 17.0 Å². The van der Waals surface area contributed by atoms with Crippen molar-refractivity contribution in [3.05, 3.63) is 144 Å². The summed E-state index contributed by atoms with van der Waals surface area (Å²) in [4.78, 5) is 0. The van der Waals surface area contributed by atoms with E-state index in [0.29, 0.717) is 25.7 Å². The first-order valence-electron chi connectivity index (χ1n) is 14.2. The molecule has 0 saturated carbocycles. The van der Waals surface area contributed by atoms with Crippen molar-refractivity contribution in [1.82, 2.24) is 0 Å². The number of benzene rings is 4. The summed E-state index contributed by atoms with van der Waals surface area (Å²) >= 11 is 0. The molecule has 0 aromatic heterocycles. The van der Waals surface area contributed by atoms with Gasteiger partial charge in [0.1, 0.15) is 12.2 Å². The topological polar surface area (TPSA) is 54.0 Å². The molecule has 4 aromatic rings. The number of ether oxygens (including phenoxy) is 2. The molecular weight excluding hydrogens is 531 g/mol. The minimum absolute atomic E-state index is 0.487. The van der Waals surface area contributed by atoms with Crippen molar-refractivity contribution in [1.29, 1.82) is 0 Å². The summed E-state index contributed by atoms with van der Waals surface area (Å²) in [5, 5.41) is 0. The van der Waals surface area contributed by atoms with Crippen molar-refractivity contribution in [3.63, 3.8) is 0 Å². The number of hydrogen-bond donors (Lipinski definition) is 0. The molecule has 2 atom stereocenters. The van der Waals surface area contributed by atoms with Gasteiger partial charge >= 0.3 is 8.25 Å². The van der Waals surface area contributed by atoms with Crippen LogP contribution in [-0.4, -0.2) is 29.2 Å². The lowest BCUT2D eigenvalue weighted by atomic mass is 9.74. The van der Waals surface area contributed by atoms with Gasteiger partial charge in [-0.15, -0.1) is 9.05 Å². The van der Waals surface area contributed by atoms with Gasteiger partial charge < -0.3 is 9.47 Å². The Kier molecular flexibility index (Phi) is 7.91. The highest BCUT2D eigenvalue weighted by Crippen LogP contribution is 2.55. The fraction of sp³-hybridized carbons (Fsp3) is 0.314. The van der Waals surface area contributed by atoms with Crippen molar-refractivity contribution in [2.24, 2.45) is 0 Å². The molecule has 6 rings (SSSR count). The zero-order valence-electron chi connectivity index (χ0n) is 23.5. The minimum Gasteiger partial charge on any atom is -0.341 e. The zero-order valence-corrected chi connectivity index (χ0v) is 24.4. The van der Waals surface area contributed by atoms with E-state index in [-0.39, 0.29) is 0 Å². The minimum atomic E-state index is -2.54. The lowest BCUT2D eigenvalue weighted by Crippen LogP contribution is -2.58. The maximum absolute atomic E-state index is 14.1. The molecule has 0 bridgehead atoms. The second-order valence-corrected chi connectivity index (χ2v) is 12.5. The number of rotatable bonds is 8. The predicted molar refractivity (Wildman–Crippen MR) is 160 cm³/mol. The van der Waals surface area contributed by atoms with Crippen molar-refractivity contribution < 1.29 is 23.1 Å². The van der Waals surface area contributed by atoms with Crippen LogP contribution in [0.4, 0.5) is 0 Å². The van der Waals surface area contributed by atoms with E-state index in [1.807, 2.05) is 86.6 Å². The van der Waals surface area contributed by atoms with Crippen molar-refractivity contribution in [2.45, 2.75) is 68.7 Å². The average Bonchev–Trinajstić information content (AvgIpc) is 3.28. The van der Waals surface area contributed by atoms with Gasteiger partial charge in [-0.25, -0.2) is 0 Å². The predicted octanol–water partition coefficient (Wildman–Crippen LogP) is 7.66. The number of fused-ring (bicyclic) bond motifs is 1. The third kappa shape index (κ3) is 6.21. The Morgan fingerprint density at radius 1 is 0.512 bits per heavy atom. The summed E-state index contributed by atoms with van der Waals surface area (Å²) in [5.41, 5.74) is 2.25. The van der Waals surface area contributed by atoms with Crippen molar-refractivity contribution in [3.8, 4) is 0 Å². The Morgan fingerprint density at radius 3 is 1.05 bits per heavy atom. The molecule has 41 heavy (non-hydrogen) atoms. The van der Waals surface area contributed by atoms with Gasteiger partial charge in [-0.3, -0.25) is 0 Å². The van der Waals surface area contributed by atoms with E-state index >= 15 is 0 Å². The molecule has 2 aliphatic rings. The van der Waals surface area contributed by atoms with E-state index in [4.69, 9.17) is 18.5 Å². The SMILES string of the molecule is CC1(C)O[C@H]2[C@H](O1)C(Cc1ccccc1)(Cc1ccccc1)O[P+](=O)OC2(Cc1ccccc1)Cc1ccccc1. The Bertz CT molecular complexity index is 1250. The summed E-state index contributed by atoms with van der Waals surface area (Å²) in [6, 6.07) is 40.7. The molecular formula is C35H36O5P+. The summed E-state index contributed by atoms with van der Waals surface area (Å²) in [6.45, 7) is 3.88. The Hall–Kier alpha value is -3.18. The first-order valence-corrected chi connectivity index (χ1v) is 15.3. The Morgan fingerprint density at radius 2 is 0.780 bits per heavy atom. The van der Waals surface area contributed by atoms with Crippen LogP contribution >= 0.6 is 8.25 Å². The molecule has 2 aliphatic heterocycles. The van der Waals surface area contributed by atoms with E-state index in [1.54, 1.807) is 0 Å². The molecule has 5 nitrogen and oxygen atoms in total. The molecule has 0 unspecified atom stereocenters. The molecule has 2 saturated heterocycles. The van der Waals surface area contributed by atoms with Gasteiger partial charge in [0.25, 0.3) is 0 Å². The summed E-state index contributed by atoms with van der Waals surface area (Å²) in [7, 11) is -2.54. The lowest BCUT2D eigenvalue weighted by Gasteiger charge is -2.38. The molecule has 6 heteroatoms. The van der Waals surface area contributed by atoms with Gasteiger partial charge in [-0.05, 0) is 36.1 Å². The second kappa shape index (κ2) is 11.6. The first-order chi connectivity index (χ1) is 19.8. The zero-order chi connectivity index (χ0) is 28.3. The largest absolute Gasteiger partial charge is 0.698 e. The maximum atomic E-state index is 14.1. The monoisotopic (exact) mass is 567 g/mol. The van der Waals surface area contributed by atoms with E-state index in [9.17, 15) is 4.57 Å². The van der Waals surface area contributed by atoms with Crippen LogP contribution in [0.1, 0.15) is 36.1 Å². The molecule has 0 spiro atoms. The Balaban J connectivity index is 1.51. The third-order valence-electron chi connectivity index (χ3n) is 8.03. The summed E-state index contributed by atoms with van der Waals surface area (Å²) < 4.78 is 40.9. The number of hydrogen-bond acceptors (Lipinski definition) is 5. The van der Waals surface area contributed by atoms with E-state index in [1.165, 1.54) is 0 Å². The maximum Gasteiger partial charge on any atom is 0.698 e. The lowest BCUT2D eigenvalue weighted by molar-refractivity contribution is -0.179. The van der Waals surface area contributed by atoms with Crippen LogP contribution in [-0.2, 0) is 48.8 Å². The van der Waals surface area contributed by atoms with E-state index in [0.717, 1.165) is 22.3 Å². The normalized spacial score (nSPS) is 22.5. The molecule has 4 aromatic carbocycles. The summed E-state index contributed by atoms with van der Waals surface area (Å²) in [6.07, 6.45) is 0.820. The van der Waals surface area contributed by atoms with Crippen LogP contribution in [0.5, 0.6) is 0 Å². The highest BCUT2D eigenvalue weighted by atomic mass is 31.1. The van der Waals surface area contributed by atoms with Crippen LogP contribution in [0.15, 0.2) is 121 Å². The smallest absolute Gasteiger partial charge is 0.341 e. The highest BCUT2D eigenvalue weighted by molar-refractivity contribution is 7.33. The summed E-state index contributed by atoms with van der Waals surface area (Å²) in [5.74, 6) is -0.901. The van der Waals surface area contributed by atoms with Crippen molar-refractivity contribution in [2.75, 3.05) is 0 Å². The Labute approximate surface area is 243 Å². The molecule has 210 valence electrons. The highest BCUT2D eigenvalue weighted by Gasteiger charge is 2.68. The average molecular weight is 568 g/mol. The van der Waals surface area contributed by atoms with Crippen LogP contribution in [0.3, 0.4) is 0 Å². The third-order valence-corrected chi connectivity index (χ3v) is 9.06.